The quantitative estimate of drug-likeness (QED) is 0.873. The van der Waals surface area contributed by atoms with Crippen LogP contribution in [0.3, 0.4) is 0 Å². The maximum atomic E-state index is 13.3. The Morgan fingerprint density at radius 2 is 2.00 bits per heavy atom. The Balaban J connectivity index is 1.75. The second-order valence-corrected chi connectivity index (χ2v) is 5.52. The molecule has 4 nitrogen and oxygen atoms in total. The van der Waals surface area contributed by atoms with Gasteiger partial charge in [0.15, 0.2) is 6.61 Å². The molecule has 0 aromatic heterocycles. The molecule has 2 aromatic carbocycles. The number of fused-ring (bicyclic) bond motifs is 1. The highest BCUT2D eigenvalue weighted by Gasteiger charge is 2.24. The van der Waals surface area contributed by atoms with Crippen LogP contribution in [0.4, 0.5) is 10.1 Å². The molecule has 1 amide bonds. The molecular formula is C18H18FNO3. The summed E-state index contributed by atoms with van der Waals surface area (Å²) in [5.74, 6) is 0.554. The van der Waals surface area contributed by atoms with E-state index in [0.717, 1.165) is 16.9 Å². The number of halogens is 1. The summed E-state index contributed by atoms with van der Waals surface area (Å²) < 4.78 is 24.4. The lowest BCUT2D eigenvalue weighted by molar-refractivity contribution is -0.120. The third kappa shape index (κ3) is 3.13. The van der Waals surface area contributed by atoms with E-state index in [0.29, 0.717) is 24.6 Å². The summed E-state index contributed by atoms with van der Waals surface area (Å²) in [6.45, 7) is 4.58. The lowest BCUT2D eigenvalue weighted by Crippen LogP contribution is -2.40. The fourth-order valence-corrected chi connectivity index (χ4v) is 2.69. The van der Waals surface area contributed by atoms with Crippen molar-refractivity contribution in [3.8, 4) is 11.5 Å². The van der Waals surface area contributed by atoms with Crippen molar-refractivity contribution in [3.63, 3.8) is 0 Å². The van der Waals surface area contributed by atoms with Gasteiger partial charge in [0.05, 0.1) is 12.2 Å². The van der Waals surface area contributed by atoms with Crippen LogP contribution >= 0.6 is 0 Å². The van der Waals surface area contributed by atoms with E-state index in [-0.39, 0.29) is 18.3 Å². The number of rotatable bonds is 3. The highest BCUT2D eigenvalue weighted by molar-refractivity contribution is 5.96. The molecule has 3 rings (SSSR count). The molecule has 1 aliphatic heterocycles. The molecule has 0 N–H and O–H groups in total. The lowest BCUT2D eigenvalue weighted by Gasteiger charge is -2.29. The monoisotopic (exact) mass is 315 g/mol. The average Bonchev–Trinajstić information content (AvgIpc) is 2.53. The van der Waals surface area contributed by atoms with Gasteiger partial charge in [-0.25, -0.2) is 4.39 Å². The van der Waals surface area contributed by atoms with Crippen LogP contribution in [0.25, 0.3) is 0 Å². The summed E-state index contributed by atoms with van der Waals surface area (Å²) >= 11 is 0. The topological polar surface area (TPSA) is 38.8 Å². The number of hydrogen-bond acceptors (Lipinski definition) is 3. The molecule has 1 heterocycles. The molecule has 0 saturated carbocycles. The van der Waals surface area contributed by atoms with Crippen LogP contribution in [-0.2, 0) is 4.79 Å². The number of hydrogen-bond donors (Lipinski definition) is 0. The maximum absolute atomic E-state index is 13.3. The minimum absolute atomic E-state index is 0.0670. The van der Waals surface area contributed by atoms with E-state index in [2.05, 4.69) is 0 Å². The standard InChI is InChI=1S/C18H18FNO3/c1-12-4-3-5-13(2)18(12)23-11-17(21)20-8-9-22-16-10-14(19)6-7-15(16)20/h3-7,10H,8-9,11H2,1-2H3. The summed E-state index contributed by atoms with van der Waals surface area (Å²) in [5.41, 5.74) is 2.55. The van der Waals surface area contributed by atoms with E-state index in [1.807, 2.05) is 32.0 Å². The summed E-state index contributed by atoms with van der Waals surface area (Å²) in [5, 5.41) is 0. The lowest BCUT2D eigenvalue weighted by atomic mass is 10.1. The number of carbonyl (C=O) groups is 1. The molecule has 23 heavy (non-hydrogen) atoms. The smallest absolute Gasteiger partial charge is 0.265 e. The van der Waals surface area contributed by atoms with Crippen LogP contribution in [0.2, 0.25) is 0 Å². The van der Waals surface area contributed by atoms with Crippen molar-refractivity contribution >= 4 is 11.6 Å². The first kappa shape index (κ1) is 15.3. The normalized spacial score (nSPS) is 13.3. The molecule has 2 aromatic rings. The fourth-order valence-electron chi connectivity index (χ4n) is 2.69. The number of aryl methyl sites for hydroxylation is 2. The number of benzene rings is 2. The van der Waals surface area contributed by atoms with Crippen LogP contribution in [0.1, 0.15) is 11.1 Å². The zero-order chi connectivity index (χ0) is 16.4. The van der Waals surface area contributed by atoms with Gasteiger partial charge < -0.3 is 14.4 Å². The van der Waals surface area contributed by atoms with Crippen LogP contribution < -0.4 is 14.4 Å². The van der Waals surface area contributed by atoms with Gasteiger partial charge >= 0.3 is 0 Å². The van der Waals surface area contributed by atoms with Crippen molar-refractivity contribution in [1.82, 2.24) is 0 Å². The molecular weight excluding hydrogens is 297 g/mol. The average molecular weight is 315 g/mol. The van der Waals surface area contributed by atoms with E-state index in [9.17, 15) is 9.18 Å². The van der Waals surface area contributed by atoms with Gasteiger partial charge in [0, 0.05) is 6.07 Å². The Morgan fingerprint density at radius 1 is 1.26 bits per heavy atom. The molecule has 1 aliphatic rings. The predicted octanol–water partition coefficient (Wildman–Crippen LogP) is 3.25. The molecule has 0 fully saturated rings. The molecule has 0 bridgehead atoms. The van der Waals surface area contributed by atoms with Crippen LogP contribution in [0, 0.1) is 19.7 Å². The SMILES string of the molecule is Cc1cccc(C)c1OCC(=O)N1CCOc2cc(F)ccc21. The summed E-state index contributed by atoms with van der Waals surface area (Å²) in [4.78, 5) is 14.1. The first-order chi connectivity index (χ1) is 11.1. The second kappa shape index (κ2) is 6.28. The first-order valence-electron chi connectivity index (χ1n) is 7.48. The van der Waals surface area contributed by atoms with Gasteiger partial charge in [-0.1, -0.05) is 18.2 Å². The second-order valence-electron chi connectivity index (χ2n) is 5.52. The Kier molecular flexibility index (Phi) is 4.19. The highest BCUT2D eigenvalue weighted by atomic mass is 19.1. The van der Waals surface area contributed by atoms with Gasteiger partial charge in [-0.05, 0) is 37.1 Å². The van der Waals surface area contributed by atoms with E-state index in [1.165, 1.54) is 12.1 Å². The number of amides is 1. The van der Waals surface area contributed by atoms with Crippen molar-refractivity contribution < 1.29 is 18.7 Å². The largest absolute Gasteiger partial charge is 0.489 e. The number of nitrogens with zero attached hydrogens (tertiary/aromatic N) is 1. The minimum atomic E-state index is -0.384. The van der Waals surface area contributed by atoms with Crippen molar-refractivity contribution in [2.24, 2.45) is 0 Å². The van der Waals surface area contributed by atoms with E-state index in [1.54, 1.807) is 11.0 Å². The number of para-hydroxylation sites is 1. The highest BCUT2D eigenvalue weighted by Crippen LogP contribution is 2.32. The summed E-state index contributed by atoms with van der Waals surface area (Å²) in [6, 6.07) is 10.0. The minimum Gasteiger partial charge on any atom is -0.489 e. The predicted molar refractivity (Wildman–Crippen MR) is 85.7 cm³/mol. The fraction of sp³-hybridized carbons (Fsp3) is 0.278. The van der Waals surface area contributed by atoms with Crippen molar-refractivity contribution in [1.29, 1.82) is 0 Å². The molecule has 0 spiro atoms. The molecule has 0 radical (unpaired) electrons. The van der Waals surface area contributed by atoms with E-state index in [4.69, 9.17) is 9.47 Å². The number of anilines is 1. The van der Waals surface area contributed by atoms with Gasteiger partial charge in [0.2, 0.25) is 0 Å². The summed E-state index contributed by atoms with van der Waals surface area (Å²) in [6.07, 6.45) is 0. The molecule has 0 atom stereocenters. The van der Waals surface area contributed by atoms with Gasteiger partial charge in [-0.2, -0.15) is 0 Å². The first-order valence-corrected chi connectivity index (χ1v) is 7.48. The zero-order valence-corrected chi connectivity index (χ0v) is 13.1. The Bertz CT molecular complexity index is 725. The van der Waals surface area contributed by atoms with Gasteiger partial charge in [0.25, 0.3) is 5.91 Å². The van der Waals surface area contributed by atoms with Crippen molar-refractivity contribution in [3.05, 3.63) is 53.3 Å². The van der Waals surface area contributed by atoms with Gasteiger partial charge in [0.1, 0.15) is 23.9 Å². The molecule has 0 unspecified atom stereocenters. The Labute approximate surface area is 134 Å². The van der Waals surface area contributed by atoms with Crippen LogP contribution in [-0.4, -0.2) is 25.7 Å². The number of ether oxygens (including phenoxy) is 2. The Hall–Kier alpha value is -2.56. The van der Waals surface area contributed by atoms with Gasteiger partial charge in [-0.3, -0.25) is 4.79 Å². The third-order valence-corrected chi connectivity index (χ3v) is 3.83. The summed E-state index contributed by atoms with van der Waals surface area (Å²) in [7, 11) is 0. The van der Waals surface area contributed by atoms with Crippen LogP contribution in [0.5, 0.6) is 11.5 Å². The maximum Gasteiger partial charge on any atom is 0.265 e. The van der Waals surface area contributed by atoms with Crippen molar-refractivity contribution in [2.75, 3.05) is 24.7 Å². The van der Waals surface area contributed by atoms with Crippen molar-refractivity contribution in [2.45, 2.75) is 13.8 Å². The molecule has 120 valence electrons. The molecule has 0 aliphatic carbocycles. The molecule has 0 saturated heterocycles. The molecule has 5 heteroatoms. The van der Waals surface area contributed by atoms with E-state index < -0.39 is 0 Å². The Morgan fingerprint density at radius 3 is 2.74 bits per heavy atom. The van der Waals surface area contributed by atoms with Crippen LogP contribution in [0.15, 0.2) is 36.4 Å². The number of carbonyl (C=O) groups excluding carboxylic acids is 1. The van der Waals surface area contributed by atoms with E-state index >= 15 is 0 Å². The zero-order valence-electron chi connectivity index (χ0n) is 13.1. The third-order valence-electron chi connectivity index (χ3n) is 3.83. The van der Waals surface area contributed by atoms with Gasteiger partial charge in [-0.15, -0.1) is 0 Å².